The average Bonchev–Trinajstić information content (AvgIpc) is 2.99. The van der Waals surface area contributed by atoms with Gasteiger partial charge in [-0.2, -0.15) is 0 Å². The zero-order valence-electron chi connectivity index (χ0n) is 16.7. The van der Waals surface area contributed by atoms with Gasteiger partial charge in [0.2, 0.25) is 0 Å². The van der Waals surface area contributed by atoms with Gasteiger partial charge < -0.3 is 10.1 Å². The van der Waals surface area contributed by atoms with E-state index in [-0.39, 0.29) is 25.0 Å². The van der Waals surface area contributed by atoms with E-state index in [1.165, 1.54) is 12.1 Å². The Labute approximate surface area is 189 Å². The number of rotatable bonds is 4. The number of pyridine rings is 1. The van der Waals surface area contributed by atoms with Crippen LogP contribution in [0, 0.1) is 11.6 Å². The Balaban J connectivity index is 2.01. The van der Waals surface area contributed by atoms with Crippen LogP contribution in [-0.2, 0) is 17.6 Å². The van der Waals surface area contributed by atoms with Gasteiger partial charge in [-0.15, -0.1) is 0 Å². The number of fused-ring (bicyclic) bond motifs is 1. The zero-order chi connectivity index (χ0) is 22.2. The number of carbonyl (C=O) groups is 1. The van der Waals surface area contributed by atoms with Gasteiger partial charge in [-0.25, -0.2) is 22.9 Å². The van der Waals surface area contributed by atoms with E-state index in [1.54, 1.807) is 20.8 Å². The third-order valence-electron chi connectivity index (χ3n) is 4.65. The van der Waals surface area contributed by atoms with Gasteiger partial charge >= 0.3 is 6.09 Å². The fraction of sp³-hybridized carbons (Fsp3) is 0.429. The Morgan fingerprint density at radius 1 is 1.20 bits per heavy atom. The number of alkyl carbamates (subject to hydrolysis) is 1. The molecule has 1 aliphatic rings. The van der Waals surface area contributed by atoms with E-state index in [1.807, 2.05) is 0 Å². The molecule has 0 bridgehead atoms. The maximum Gasteiger partial charge on any atom is 0.407 e. The van der Waals surface area contributed by atoms with E-state index in [9.17, 15) is 18.0 Å². The first-order valence-electron chi connectivity index (χ1n) is 9.36. The molecular formula is C21H21Br2F3N2O2. The molecule has 2 unspecified atom stereocenters. The van der Waals surface area contributed by atoms with Crippen LogP contribution in [-0.4, -0.2) is 29.4 Å². The molecule has 0 fully saturated rings. The highest BCUT2D eigenvalue weighted by Crippen LogP contribution is 2.40. The molecule has 1 aromatic carbocycles. The van der Waals surface area contributed by atoms with Gasteiger partial charge in [-0.1, -0.05) is 0 Å². The van der Waals surface area contributed by atoms with Crippen molar-refractivity contribution in [2.45, 2.75) is 51.2 Å². The molecule has 30 heavy (non-hydrogen) atoms. The quantitative estimate of drug-likeness (QED) is 0.477. The van der Waals surface area contributed by atoms with E-state index >= 15 is 0 Å². The van der Waals surface area contributed by atoms with Crippen LogP contribution in [0.1, 0.15) is 49.1 Å². The molecule has 9 heteroatoms. The van der Waals surface area contributed by atoms with Gasteiger partial charge in [0.05, 0.1) is 11.6 Å². The molecule has 162 valence electrons. The van der Waals surface area contributed by atoms with Gasteiger partial charge in [0.25, 0.3) is 0 Å². The maximum absolute atomic E-state index is 14.0. The summed E-state index contributed by atoms with van der Waals surface area (Å²) >= 11 is 6.87. The largest absolute Gasteiger partial charge is 0.448 e. The average molecular weight is 550 g/mol. The molecule has 0 spiro atoms. The van der Waals surface area contributed by atoms with Crippen LogP contribution in [0.5, 0.6) is 0 Å². The lowest BCUT2D eigenvalue weighted by Gasteiger charge is -2.23. The second-order valence-electron chi connectivity index (χ2n) is 8.29. The number of halogens is 5. The van der Waals surface area contributed by atoms with Gasteiger partial charge in [0, 0.05) is 28.9 Å². The minimum Gasteiger partial charge on any atom is -0.448 e. The standard InChI is InChI=1S/C21H21Br2F3N2O2/c1-21(2,3)28-20(29)30-9-16(10-4-11(24)6-12(25)5-10)18-17(22)14-7-13(26)8-15(14)19(23)27-18/h4-6,13,16H,7-9H2,1-3H3,(H,28,29). The van der Waals surface area contributed by atoms with E-state index in [0.717, 1.165) is 17.2 Å². The monoisotopic (exact) mass is 548 g/mol. The second-order valence-corrected chi connectivity index (χ2v) is 9.84. The van der Waals surface area contributed by atoms with Crippen molar-refractivity contribution in [3.05, 3.63) is 61.3 Å². The minimum atomic E-state index is -1.02. The molecule has 1 N–H and O–H groups in total. The van der Waals surface area contributed by atoms with Gasteiger partial charge in [0.15, 0.2) is 0 Å². The highest BCUT2D eigenvalue weighted by Gasteiger charge is 2.31. The van der Waals surface area contributed by atoms with Crippen LogP contribution < -0.4 is 5.32 Å². The summed E-state index contributed by atoms with van der Waals surface area (Å²) in [4.78, 5) is 16.7. The lowest BCUT2D eigenvalue weighted by atomic mass is 9.94. The van der Waals surface area contributed by atoms with Crippen molar-refractivity contribution in [2.24, 2.45) is 0 Å². The van der Waals surface area contributed by atoms with Crippen molar-refractivity contribution in [1.82, 2.24) is 10.3 Å². The lowest BCUT2D eigenvalue weighted by Crippen LogP contribution is -2.41. The number of nitrogens with zero attached hydrogens (tertiary/aromatic N) is 1. The van der Waals surface area contributed by atoms with Crippen LogP contribution in [0.15, 0.2) is 27.3 Å². The van der Waals surface area contributed by atoms with Crippen LogP contribution >= 0.6 is 31.9 Å². The van der Waals surface area contributed by atoms with Crippen LogP contribution in [0.25, 0.3) is 0 Å². The molecule has 1 aromatic heterocycles. The predicted octanol–water partition coefficient (Wildman–Crippen LogP) is 5.98. The van der Waals surface area contributed by atoms with Crippen molar-refractivity contribution >= 4 is 38.0 Å². The number of ether oxygens (including phenoxy) is 1. The Kier molecular flexibility index (Phi) is 6.81. The molecule has 1 aliphatic carbocycles. The summed E-state index contributed by atoms with van der Waals surface area (Å²) in [6.07, 6.45) is -1.24. The SMILES string of the molecule is CC(C)(C)NC(=O)OCC(c1cc(F)cc(F)c1)c1nc(Br)c2c(c1Br)CC(F)C2. The Bertz CT molecular complexity index is 959. The van der Waals surface area contributed by atoms with Crippen molar-refractivity contribution < 1.29 is 22.7 Å². The van der Waals surface area contributed by atoms with Gasteiger partial charge in [0.1, 0.15) is 29.0 Å². The van der Waals surface area contributed by atoms with Crippen LogP contribution in [0.4, 0.5) is 18.0 Å². The summed E-state index contributed by atoms with van der Waals surface area (Å²) in [6, 6.07) is 3.11. The number of amides is 1. The second kappa shape index (κ2) is 8.86. The van der Waals surface area contributed by atoms with Gasteiger partial charge in [-0.3, -0.25) is 0 Å². The zero-order valence-corrected chi connectivity index (χ0v) is 19.8. The lowest BCUT2D eigenvalue weighted by molar-refractivity contribution is 0.133. The van der Waals surface area contributed by atoms with Crippen molar-refractivity contribution in [3.8, 4) is 0 Å². The molecule has 1 amide bonds. The van der Waals surface area contributed by atoms with E-state index < -0.39 is 35.4 Å². The molecule has 0 radical (unpaired) electrons. The minimum absolute atomic E-state index is 0.208. The molecule has 3 rings (SSSR count). The summed E-state index contributed by atoms with van der Waals surface area (Å²) in [5, 5.41) is 2.67. The summed E-state index contributed by atoms with van der Waals surface area (Å²) in [5.41, 5.74) is 1.66. The van der Waals surface area contributed by atoms with E-state index in [2.05, 4.69) is 42.2 Å². The molecule has 4 nitrogen and oxygen atoms in total. The molecule has 0 saturated carbocycles. The first-order valence-corrected chi connectivity index (χ1v) is 10.9. The number of aromatic nitrogens is 1. The predicted molar refractivity (Wildman–Crippen MR) is 114 cm³/mol. The van der Waals surface area contributed by atoms with Crippen LogP contribution in [0.2, 0.25) is 0 Å². The molecule has 1 heterocycles. The van der Waals surface area contributed by atoms with E-state index in [0.29, 0.717) is 14.8 Å². The van der Waals surface area contributed by atoms with Crippen molar-refractivity contribution in [3.63, 3.8) is 0 Å². The molecule has 0 aliphatic heterocycles. The number of hydrogen-bond acceptors (Lipinski definition) is 3. The van der Waals surface area contributed by atoms with Crippen molar-refractivity contribution in [2.75, 3.05) is 6.61 Å². The smallest absolute Gasteiger partial charge is 0.407 e. The molecule has 0 saturated heterocycles. The third-order valence-corrected chi connectivity index (χ3v) is 6.19. The van der Waals surface area contributed by atoms with Crippen LogP contribution in [0.3, 0.4) is 0 Å². The summed E-state index contributed by atoms with van der Waals surface area (Å²) in [6.45, 7) is 5.20. The Morgan fingerprint density at radius 2 is 1.80 bits per heavy atom. The maximum atomic E-state index is 14.0. The Morgan fingerprint density at radius 3 is 2.40 bits per heavy atom. The fourth-order valence-corrected chi connectivity index (χ4v) is 4.77. The summed E-state index contributed by atoms with van der Waals surface area (Å²) in [5.74, 6) is -2.28. The summed E-state index contributed by atoms with van der Waals surface area (Å²) in [7, 11) is 0. The Hall–Kier alpha value is -1.61. The van der Waals surface area contributed by atoms with E-state index in [4.69, 9.17) is 4.74 Å². The highest BCUT2D eigenvalue weighted by atomic mass is 79.9. The molecular weight excluding hydrogens is 529 g/mol. The summed E-state index contributed by atoms with van der Waals surface area (Å²) < 4.78 is 48.2. The first kappa shape index (κ1) is 23.1. The first-order chi connectivity index (χ1) is 13.9. The number of alkyl halides is 1. The highest BCUT2D eigenvalue weighted by molar-refractivity contribution is 9.11. The normalized spacial score (nSPS) is 16.9. The number of carbonyl (C=O) groups excluding carboxylic acids is 1. The van der Waals surface area contributed by atoms with Crippen molar-refractivity contribution in [1.29, 1.82) is 0 Å². The fourth-order valence-electron chi connectivity index (χ4n) is 3.41. The molecule has 2 atom stereocenters. The number of benzene rings is 1. The number of nitrogens with one attached hydrogen (secondary N) is 1. The topological polar surface area (TPSA) is 51.2 Å². The van der Waals surface area contributed by atoms with Gasteiger partial charge in [-0.05, 0) is 81.5 Å². The molecule has 2 aromatic rings. The number of hydrogen-bond donors (Lipinski definition) is 1. The third kappa shape index (κ3) is 5.35.